The van der Waals surface area contributed by atoms with Crippen LogP contribution in [0, 0.1) is 10.1 Å². The van der Waals surface area contributed by atoms with Gasteiger partial charge in [-0.15, -0.1) is 11.8 Å². The van der Waals surface area contributed by atoms with Crippen molar-refractivity contribution >= 4 is 29.6 Å². The number of aliphatic carboxylic acids is 1. The summed E-state index contributed by atoms with van der Waals surface area (Å²) in [6.45, 7) is 4.47. The van der Waals surface area contributed by atoms with E-state index in [0.29, 0.717) is 23.8 Å². The summed E-state index contributed by atoms with van der Waals surface area (Å²) in [5, 5.41) is 19.7. The first-order chi connectivity index (χ1) is 9.90. The zero-order valence-corrected chi connectivity index (χ0v) is 12.8. The van der Waals surface area contributed by atoms with Gasteiger partial charge in [-0.2, -0.15) is 0 Å². The summed E-state index contributed by atoms with van der Waals surface area (Å²) in [6, 6.07) is 4.69. The maximum Gasteiger partial charge on any atom is 0.303 e. The maximum atomic E-state index is 10.8. The smallest absolute Gasteiger partial charge is 0.303 e. The lowest BCUT2D eigenvalue weighted by Gasteiger charge is -2.08. The summed E-state index contributed by atoms with van der Waals surface area (Å²) in [4.78, 5) is 25.9. The van der Waals surface area contributed by atoms with Crippen molar-refractivity contribution in [3.8, 4) is 0 Å². The van der Waals surface area contributed by atoms with E-state index in [-0.39, 0.29) is 12.1 Å². The van der Waals surface area contributed by atoms with Crippen molar-refractivity contribution in [3.63, 3.8) is 0 Å². The number of thioether (sulfide) groups is 1. The number of carbonyl (C=O) groups is 1. The Morgan fingerprint density at radius 1 is 1.52 bits per heavy atom. The van der Waals surface area contributed by atoms with Crippen LogP contribution in [0.1, 0.15) is 32.3 Å². The standard InChI is InChI=1S/C14H18N2O4S/c1-10(2)21-13-6-5-12(16(19)20)8-11(13)9-15-7-3-4-14(17)18/h5-6,8-10H,3-4,7H2,1-2H3,(H,17,18)/b15-9+. The Kier molecular flexibility index (Phi) is 6.87. The number of carboxylic acids is 1. The molecule has 0 radical (unpaired) electrons. The van der Waals surface area contributed by atoms with E-state index in [2.05, 4.69) is 4.99 Å². The monoisotopic (exact) mass is 310 g/mol. The molecule has 0 fully saturated rings. The highest BCUT2D eigenvalue weighted by molar-refractivity contribution is 8.00. The number of hydrogen-bond donors (Lipinski definition) is 1. The molecule has 0 heterocycles. The molecule has 1 aromatic carbocycles. The quantitative estimate of drug-likeness (QED) is 0.261. The summed E-state index contributed by atoms with van der Waals surface area (Å²) in [6.07, 6.45) is 2.10. The Labute approximate surface area is 127 Å². The Morgan fingerprint density at radius 2 is 2.24 bits per heavy atom. The first kappa shape index (κ1) is 17.2. The van der Waals surface area contributed by atoms with E-state index in [1.165, 1.54) is 12.1 Å². The van der Waals surface area contributed by atoms with Gasteiger partial charge in [0.05, 0.1) is 4.92 Å². The third-order valence-corrected chi connectivity index (χ3v) is 3.57. The van der Waals surface area contributed by atoms with Gasteiger partial charge >= 0.3 is 5.97 Å². The molecular formula is C14H18N2O4S. The zero-order chi connectivity index (χ0) is 15.8. The number of aliphatic imine (C=N–C) groups is 1. The van der Waals surface area contributed by atoms with Gasteiger partial charge in [-0.25, -0.2) is 0 Å². The Morgan fingerprint density at radius 3 is 2.81 bits per heavy atom. The summed E-state index contributed by atoms with van der Waals surface area (Å²) < 4.78 is 0. The Bertz CT molecular complexity index is 544. The van der Waals surface area contributed by atoms with Crippen LogP contribution in [0.2, 0.25) is 0 Å². The van der Waals surface area contributed by atoms with Crippen molar-refractivity contribution in [1.29, 1.82) is 0 Å². The molecule has 6 nitrogen and oxygen atoms in total. The van der Waals surface area contributed by atoms with E-state index in [1.54, 1.807) is 24.0 Å². The van der Waals surface area contributed by atoms with Crippen molar-refractivity contribution in [3.05, 3.63) is 33.9 Å². The lowest BCUT2D eigenvalue weighted by molar-refractivity contribution is -0.384. The second-order valence-electron chi connectivity index (χ2n) is 4.68. The second-order valence-corrected chi connectivity index (χ2v) is 6.30. The number of nitrogens with zero attached hydrogens (tertiary/aromatic N) is 2. The van der Waals surface area contributed by atoms with Crippen LogP contribution in [-0.4, -0.2) is 34.0 Å². The molecule has 0 unspecified atom stereocenters. The molecule has 7 heteroatoms. The Balaban J connectivity index is 2.84. The normalized spacial score (nSPS) is 11.2. The van der Waals surface area contributed by atoms with Gasteiger partial charge in [0.25, 0.3) is 5.69 Å². The highest BCUT2D eigenvalue weighted by atomic mass is 32.2. The van der Waals surface area contributed by atoms with Gasteiger partial charge in [-0.1, -0.05) is 13.8 Å². The van der Waals surface area contributed by atoms with Gasteiger partial charge < -0.3 is 5.11 Å². The molecule has 0 aromatic heterocycles. The van der Waals surface area contributed by atoms with Crippen molar-refractivity contribution in [2.45, 2.75) is 36.8 Å². The first-order valence-electron chi connectivity index (χ1n) is 6.57. The highest BCUT2D eigenvalue weighted by Gasteiger charge is 2.11. The van der Waals surface area contributed by atoms with Gasteiger partial charge in [-0.3, -0.25) is 19.9 Å². The van der Waals surface area contributed by atoms with Crippen LogP contribution in [0.5, 0.6) is 0 Å². The van der Waals surface area contributed by atoms with Gasteiger partial charge in [0.2, 0.25) is 0 Å². The first-order valence-corrected chi connectivity index (χ1v) is 7.45. The zero-order valence-electron chi connectivity index (χ0n) is 12.0. The van der Waals surface area contributed by atoms with Crippen LogP contribution < -0.4 is 0 Å². The SMILES string of the molecule is CC(C)Sc1ccc([N+](=O)[O-])cc1/C=N/CCCC(=O)O. The van der Waals surface area contributed by atoms with E-state index in [4.69, 9.17) is 5.11 Å². The highest BCUT2D eigenvalue weighted by Crippen LogP contribution is 2.28. The molecule has 0 spiro atoms. The molecule has 0 aliphatic heterocycles. The molecule has 1 N–H and O–H groups in total. The molecule has 0 saturated heterocycles. The molecule has 0 atom stereocenters. The van der Waals surface area contributed by atoms with Crippen molar-refractivity contribution in [1.82, 2.24) is 0 Å². The van der Waals surface area contributed by atoms with Crippen LogP contribution in [0.15, 0.2) is 28.1 Å². The minimum atomic E-state index is -0.850. The maximum absolute atomic E-state index is 10.8. The lowest BCUT2D eigenvalue weighted by Crippen LogP contribution is -1.97. The van der Waals surface area contributed by atoms with E-state index in [0.717, 1.165) is 4.90 Å². The number of rotatable bonds is 8. The molecule has 0 bridgehead atoms. The average Bonchev–Trinajstić information content (AvgIpc) is 2.38. The summed E-state index contributed by atoms with van der Waals surface area (Å²) in [5.74, 6) is -0.850. The number of benzene rings is 1. The molecule has 0 aliphatic rings. The Hall–Kier alpha value is -1.89. The second kappa shape index (κ2) is 8.41. The molecule has 0 saturated carbocycles. The third-order valence-electron chi connectivity index (χ3n) is 2.48. The average molecular weight is 310 g/mol. The van der Waals surface area contributed by atoms with E-state index >= 15 is 0 Å². The minimum absolute atomic E-state index is 0.0232. The molecular weight excluding hydrogens is 292 g/mol. The van der Waals surface area contributed by atoms with Gasteiger partial charge in [-0.05, 0) is 12.5 Å². The minimum Gasteiger partial charge on any atom is -0.481 e. The molecule has 21 heavy (non-hydrogen) atoms. The van der Waals surface area contributed by atoms with Gasteiger partial charge in [0, 0.05) is 47.0 Å². The third kappa shape index (κ3) is 6.40. The van der Waals surface area contributed by atoms with Crippen LogP contribution in [0.4, 0.5) is 5.69 Å². The number of non-ortho nitro benzene ring substituents is 1. The topological polar surface area (TPSA) is 92.8 Å². The lowest BCUT2D eigenvalue weighted by atomic mass is 10.2. The van der Waals surface area contributed by atoms with E-state index < -0.39 is 10.9 Å². The van der Waals surface area contributed by atoms with Gasteiger partial charge in [0.15, 0.2) is 0 Å². The van der Waals surface area contributed by atoms with E-state index in [1.807, 2.05) is 13.8 Å². The van der Waals surface area contributed by atoms with Crippen LogP contribution >= 0.6 is 11.8 Å². The summed E-state index contributed by atoms with van der Waals surface area (Å²) in [5.41, 5.74) is 0.716. The fourth-order valence-corrected chi connectivity index (χ4v) is 2.50. The molecule has 0 aliphatic carbocycles. The van der Waals surface area contributed by atoms with Crippen LogP contribution in [-0.2, 0) is 4.79 Å². The number of nitro benzene ring substituents is 1. The van der Waals surface area contributed by atoms with Crippen LogP contribution in [0.25, 0.3) is 0 Å². The van der Waals surface area contributed by atoms with Crippen molar-refractivity contribution in [2.75, 3.05) is 6.54 Å². The van der Waals surface area contributed by atoms with Crippen molar-refractivity contribution in [2.24, 2.45) is 4.99 Å². The predicted octanol–water partition coefficient (Wildman–Crippen LogP) is 3.38. The largest absolute Gasteiger partial charge is 0.481 e. The summed E-state index contributed by atoms with van der Waals surface area (Å²) >= 11 is 1.61. The predicted molar refractivity (Wildman–Crippen MR) is 83.4 cm³/mol. The summed E-state index contributed by atoms with van der Waals surface area (Å²) in [7, 11) is 0. The fourth-order valence-electron chi connectivity index (χ4n) is 1.60. The number of carboxylic acid groups (broad SMARTS) is 1. The molecule has 1 rings (SSSR count). The van der Waals surface area contributed by atoms with Gasteiger partial charge in [0.1, 0.15) is 0 Å². The van der Waals surface area contributed by atoms with Crippen molar-refractivity contribution < 1.29 is 14.8 Å². The fraction of sp³-hybridized carbons (Fsp3) is 0.429. The molecule has 0 amide bonds. The van der Waals surface area contributed by atoms with Crippen LogP contribution in [0.3, 0.4) is 0 Å². The number of nitro groups is 1. The molecule has 1 aromatic rings. The number of hydrogen-bond acceptors (Lipinski definition) is 5. The molecule has 114 valence electrons. The van der Waals surface area contributed by atoms with E-state index in [9.17, 15) is 14.9 Å².